The van der Waals surface area contributed by atoms with Gasteiger partial charge in [-0.1, -0.05) is 12.1 Å². The fourth-order valence-corrected chi connectivity index (χ4v) is 1.93. The smallest absolute Gasteiger partial charge is 0.319 e. The van der Waals surface area contributed by atoms with Crippen molar-refractivity contribution in [2.75, 3.05) is 7.11 Å². The van der Waals surface area contributed by atoms with Gasteiger partial charge in [0.15, 0.2) is 0 Å². The van der Waals surface area contributed by atoms with E-state index in [4.69, 9.17) is 4.74 Å². The van der Waals surface area contributed by atoms with Gasteiger partial charge in [-0.3, -0.25) is 4.57 Å². The molecule has 1 atom stereocenters. The van der Waals surface area contributed by atoms with Crippen LogP contribution in [0.25, 0.3) is 0 Å². The second-order valence-corrected chi connectivity index (χ2v) is 4.41. The molecule has 6 heteroatoms. The van der Waals surface area contributed by atoms with Gasteiger partial charge in [0.05, 0.1) is 13.7 Å². The van der Waals surface area contributed by atoms with E-state index >= 15 is 0 Å². The first-order valence-electron chi connectivity index (χ1n) is 6.29. The number of nitrogens with one attached hydrogen (secondary N) is 1. The summed E-state index contributed by atoms with van der Waals surface area (Å²) in [4.78, 5) is 3.93. The average molecular weight is 281 g/mol. The first-order chi connectivity index (χ1) is 9.61. The van der Waals surface area contributed by atoms with Crippen LogP contribution in [0.15, 0.2) is 36.7 Å². The quantitative estimate of drug-likeness (QED) is 0.884. The second-order valence-electron chi connectivity index (χ2n) is 4.41. The third kappa shape index (κ3) is 3.33. The fourth-order valence-electron chi connectivity index (χ4n) is 1.93. The number of ether oxygens (including phenoxy) is 1. The fraction of sp³-hybridized carbons (Fsp3) is 0.357. The van der Waals surface area contributed by atoms with Crippen LogP contribution in [0.1, 0.15) is 30.9 Å². The van der Waals surface area contributed by atoms with Gasteiger partial charge in [-0.25, -0.2) is 4.98 Å². The molecule has 0 aliphatic rings. The molecule has 0 aliphatic carbocycles. The molecule has 0 bridgehead atoms. The van der Waals surface area contributed by atoms with Crippen molar-refractivity contribution in [1.82, 2.24) is 14.9 Å². The van der Waals surface area contributed by atoms with E-state index in [1.807, 2.05) is 31.2 Å². The topological polar surface area (TPSA) is 39.1 Å². The summed E-state index contributed by atoms with van der Waals surface area (Å²) in [5.41, 5.74) is 1.03. The highest BCUT2D eigenvalue weighted by Crippen LogP contribution is 2.19. The molecule has 2 rings (SSSR count). The molecule has 1 N–H and O–H groups in total. The van der Waals surface area contributed by atoms with Gasteiger partial charge in [0, 0.05) is 18.4 Å². The summed E-state index contributed by atoms with van der Waals surface area (Å²) in [5.74, 6) is 1.08. The lowest BCUT2D eigenvalue weighted by Crippen LogP contribution is -2.21. The minimum atomic E-state index is -2.57. The number of aromatic nitrogens is 2. The van der Waals surface area contributed by atoms with Crippen LogP contribution in [0, 0.1) is 0 Å². The zero-order chi connectivity index (χ0) is 14.5. The predicted molar refractivity (Wildman–Crippen MR) is 71.7 cm³/mol. The van der Waals surface area contributed by atoms with Crippen LogP contribution in [-0.4, -0.2) is 16.7 Å². The van der Waals surface area contributed by atoms with Gasteiger partial charge in [0.1, 0.15) is 11.6 Å². The minimum Gasteiger partial charge on any atom is -0.497 e. The molecule has 0 saturated carbocycles. The molecule has 4 nitrogen and oxygen atoms in total. The predicted octanol–water partition coefficient (Wildman–Crippen LogP) is 3.14. The normalized spacial score (nSPS) is 12.7. The van der Waals surface area contributed by atoms with E-state index in [1.54, 1.807) is 7.11 Å². The number of methoxy groups -OCH3 is 1. The summed E-state index contributed by atoms with van der Waals surface area (Å²) in [6.07, 6.45) is 2.65. The maximum atomic E-state index is 12.7. The Bertz CT molecular complexity index is 557. The molecule has 0 fully saturated rings. The van der Waals surface area contributed by atoms with Crippen LogP contribution in [-0.2, 0) is 6.54 Å². The highest BCUT2D eigenvalue weighted by Gasteiger charge is 2.12. The molecule has 2 aromatic rings. The first-order valence-corrected chi connectivity index (χ1v) is 6.29. The summed E-state index contributed by atoms with van der Waals surface area (Å²) in [6.45, 7) is -0.332. The molecule has 0 saturated heterocycles. The van der Waals surface area contributed by atoms with Crippen LogP contribution in [0.3, 0.4) is 0 Å². The summed E-state index contributed by atoms with van der Waals surface area (Å²) in [5, 5.41) is 3.18. The molecule has 0 unspecified atom stereocenters. The number of halogens is 2. The van der Waals surface area contributed by atoms with Crippen molar-refractivity contribution in [2.45, 2.75) is 26.1 Å². The molecule has 1 aromatic carbocycles. The Labute approximate surface area is 116 Å². The SMILES string of the molecule is COc1cccc([C@H](C)NCc2nccn2C(F)F)c1. The number of imidazole rings is 1. The van der Waals surface area contributed by atoms with Crippen molar-refractivity contribution in [2.24, 2.45) is 0 Å². The van der Waals surface area contributed by atoms with Crippen molar-refractivity contribution in [1.29, 1.82) is 0 Å². The lowest BCUT2D eigenvalue weighted by Gasteiger charge is -2.15. The maximum Gasteiger partial charge on any atom is 0.319 e. The Kier molecular flexibility index (Phi) is 4.68. The number of benzene rings is 1. The van der Waals surface area contributed by atoms with Gasteiger partial charge in [-0.15, -0.1) is 0 Å². The molecule has 1 heterocycles. The molecule has 20 heavy (non-hydrogen) atoms. The van der Waals surface area contributed by atoms with E-state index in [0.29, 0.717) is 5.82 Å². The summed E-state index contributed by atoms with van der Waals surface area (Å²) in [6, 6.07) is 7.64. The number of hydrogen-bond acceptors (Lipinski definition) is 3. The van der Waals surface area contributed by atoms with Gasteiger partial charge in [-0.05, 0) is 24.6 Å². The Morgan fingerprint density at radius 1 is 1.40 bits per heavy atom. The Balaban J connectivity index is 2.01. The van der Waals surface area contributed by atoms with Crippen molar-refractivity contribution in [3.05, 3.63) is 48.0 Å². The maximum absolute atomic E-state index is 12.7. The Morgan fingerprint density at radius 3 is 2.90 bits per heavy atom. The molecular formula is C14H17F2N3O. The van der Waals surface area contributed by atoms with Gasteiger partial charge < -0.3 is 10.1 Å². The van der Waals surface area contributed by atoms with Gasteiger partial charge in [0.2, 0.25) is 0 Å². The third-order valence-electron chi connectivity index (χ3n) is 3.12. The van der Waals surface area contributed by atoms with Crippen LogP contribution in [0.5, 0.6) is 5.75 Å². The van der Waals surface area contributed by atoms with Crippen LogP contribution < -0.4 is 10.1 Å². The van der Waals surface area contributed by atoms with Crippen molar-refractivity contribution in [3.8, 4) is 5.75 Å². The van der Waals surface area contributed by atoms with E-state index in [9.17, 15) is 8.78 Å². The Hall–Kier alpha value is -1.95. The lowest BCUT2D eigenvalue weighted by molar-refractivity contribution is 0.0665. The van der Waals surface area contributed by atoms with Crippen molar-refractivity contribution in [3.63, 3.8) is 0 Å². The monoisotopic (exact) mass is 281 g/mol. The molecule has 0 aliphatic heterocycles. The number of rotatable bonds is 6. The van der Waals surface area contributed by atoms with E-state index in [1.165, 1.54) is 12.4 Å². The molecule has 108 valence electrons. The highest BCUT2D eigenvalue weighted by atomic mass is 19.3. The van der Waals surface area contributed by atoms with Crippen LogP contribution in [0.4, 0.5) is 8.78 Å². The van der Waals surface area contributed by atoms with Crippen molar-refractivity contribution >= 4 is 0 Å². The molecule has 0 amide bonds. The Morgan fingerprint density at radius 2 is 2.20 bits per heavy atom. The van der Waals surface area contributed by atoms with Crippen LogP contribution >= 0.6 is 0 Å². The van der Waals surface area contributed by atoms with Gasteiger partial charge >= 0.3 is 6.55 Å². The number of nitrogens with zero attached hydrogens (tertiary/aromatic N) is 2. The van der Waals surface area contributed by atoms with E-state index in [2.05, 4.69) is 10.3 Å². The molecular weight excluding hydrogens is 264 g/mol. The van der Waals surface area contributed by atoms with Crippen LogP contribution in [0.2, 0.25) is 0 Å². The van der Waals surface area contributed by atoms with E-state index in [-0.39, 0.29) is 12.6 Å². The molecule has 1 aromatic heterocycles. The number of hydrogen-bond donors (Lipinski definition) is 1. The zero-order valence-corrected chi connectivity index (χ0v) is 11.4. The summed E-state index contributed by atoms with van der Waals surface area (Å²) < 4.78 is 31.4. The highest BCUT2D eigenvalue weighted by molar-refractivity contribution is 5.30. The second kappa shape index (κ2) is 6.47. The molecule has 0 radical (unpaired) electrons. The van der Waals surface area contributed by atoms with E-state index < -0.39 is 6.55 Å². The zero-order valence-electron chi connectivity index (χ0n) is 11.4. The minimum absolute atomic E-state index is 0.00734. The number of alkyl halides is 2. The summed E-state index contributed by atoms with van der Waals surface area (Å²) in [7, 11) is 1.61. The van der Waals surface area contributed by atoms with Gasteiger partial charge in [-0.2, -0.15) is 8.78 Å². The van der Waals surface area contributed by atoms with Crippen molar-refractivity contribution < 1.29 is 13.5 Å². The molecule has 0 spiro atoms. The first kappa shape index (κ1) is 14.5. The third-order valence-corrected chi connectivity index (χ3v) is 3.12. The van der Waals surface area contributed by atoms with E-state index in [0.717, 1.165) is 15.9 Å². The summed E-state index contributed by atoms with van der Waals surface area (Å²) >= 11 is 0. The standard InChI is InChI=1S/C14H17F2N3O/c1-10(11-4-3-5-12(8-11)20-2)18-9-13-17-6-7-19(13)14(15)16/h3-8,10,14,18H,9H2,1-2H3/t10-/m0/s1. The van der Waals surface area contributed by atoms with Gasteiger partial charge in [0.25, 0.3) is 0 Å². The largest absolute Gasteiger partial charge is 0.497 e. The average Bonchev–Trinajstić information content (AvgIpc) is 2.93. The lowest BCUT2D eigenvalue weighted by atomic mass is 10.1.